The number of aliphatic hydroxyl groups is 1. The lowest BCUT2D eigenvalue weighted by Gasteiger charge is -2.54. The molecule has 0 spiro atoms. The first kappa shape index (κ1) is 22.0. The topological polar surface area (TPSA) is 132 Å². The van der Waals surface area contributed by atoms with E-state index in [0.29, 0.717) is 23.7 Å². The van der Waals surface area contributed by atoms with Crippen LogP contribution in [-0.4, -0.2) is 92.5 Å². The highest BCUT2D eigenvalue weighted by Gasteiger charge is 2.50. The van der Waals surface area contributed by atoms with Gasteiger partial charge in [-0.25, -0.2) is 9.78 Å². The number of aromatic nitrogens is 2. The summed E-state index contributed by atoms with van der Waals surface area (Å²) in [5.74, 6) is -1.89. The van der Waals surface area contributed by atoms with Gasteiger partial charge >= 0.3 is 18.1 Å². The fourth-order valence-electron chi connectivity index (χ4n) is 4.78. The average molecular weight is 507 g/mol. The van der Waals surface area contributed by atoms with Gasteiger partial charge in [0.25, 0.3) is 6.01 Å². The van der Waals surface area contributed by atoms with Crippen LogP contribution >= 0.6 is 11.3 Å². The van der Waals surface area contributed by atoms with Crippen LogP contribution in [0.15, 0.2) is 28.1 Å². The van der Waals surface area contributed by atoms with Crippen molar-refractivity contribution >= 4 is 40.5 Å². The molecule has 2 unspecified atom stereocenters. The number of aliphatic hydroxyl groups excluding tert-OH is 1. The zero-order valence-corrected chi connectivity index (χ0v) is 18.8. The monoisotopic (exact) mass is 507 g/mol. The van der Waals surface area contributed by atoms with Crippen LogP contribution in [0.2, 0.25) is 0 Å². The largest absolute Gasteiger partial charge is 0.482 e. The second-order valence-electron chi connectivity index (χ2n) is 8.74. The predicted molar refractivity (Wildman–Crippen MR) is 118 cm³/mol. The number of anilines is 1. The van der Waals surface area contributed by atoms with Crippen LogP contribution in [0.5, 0.6) is 5.75 Å². The number of hydrogen-bond donors (Lipinski definition) is 2. The van der Waals surface area contributed by atoms with Gasteiger partial charge in [0.15, 0.2) is 16.8 Å². The molecule has 0 aliphatic carbocycles. The summed E-state index contributed by atoms with van der Waals surface area (Å²) < 4.78 is 40.3. The van der Waals surface area contributed by atoms with Gasteiger partial charge in [0.05, 0.1) is 23.8 Å². The number of alkyl halides is 2. The Hall–Kier alpha value is -3.52. The summed E-state index contributed by atoms with van der Waals surface area (Å²) in [5, 5.41) is 21.0. The van der Waals surface area contributed by atoms with E-state index in [9.17, 15) is 28.6 Å². The van der Waals surface area contributed by atoms with E-state index in [1.807, 2.05) is 0 Å². The van der Waals surface area contributed by atoms with E-state index in [0.717, 1.165) is 11.3 Å². The van der Waals surface area contributed by atoms with Crippen LogP contribution in [0.4, 0.5) is 19.6 Å². The molecule has 35 heavy (non-hydrogen) atoms. The first-order valence-corrected chi connectivity index (χ1v) is 11.7. The van der Waals surface area contributed by atoms with Crippen molar-refractivity contribution in [3.05, 3.63) is 23.7 Å². The van der Waals surface area contributed by atoms with E-state index in [1.54, 1.807) is 16.5 Å². The number of benzene rings is 1. The minimum absolute atomic E-state index is 0.00171. The Morgan fingerprint density at radius 1 is 1.20 bits per heavy atom. The first-order valence-electron chi connectivity index (χ1n) is 10.8. The van der Waals surface area contributed by atoms with Crippen LogP contribution < -0.4 is 9.64 Å². The summed E-state index contributed by atoms with van der Waals surface area (Å²) in [6.45, 7) is 0.332. The van der Waals surface area contributed by atoms with E-state index in [1.165, 1.54) is 28.4 Å². The van der Waals surface area contributed by atoms with Gasteiger partial charge in [-0.05, 0) is 18.6 Å². The molecular formula is C21H19F2N5O6S. The summed E-state index contributed by atoms with van der Waals surface area (Å²) in [5.41, 5.74) is 0.693. The summed E-state index contributed by atoms with van der Waals surface area (Å²) in [6, 6.07) is 2.54. The fourth-order valence-corrected chi connectivity index (χ4v) is 5.44. The number of oxazole rings is 1. The van der Waals surface area contributed by atoms with Crippen molar-refractivity contribution in [2.45, 2.75) is 30.7 Å². The number of halogens is 2. The van der Waals surface area contributed by atoms with Crippen LogP contribution in [0.25, 0.3) is 21.7 Å². The van der Waals surface area contributed by atoms with Gasteiger partial charge < -0.3 is 29.2 Å². The number of carbonyl (C=O) groups excluding carboxylic acids is 1. The lowest BCUT2D eigenvalue weighted by Crippen LogP contribution is -2.70. The minimum atomic E-state index is -4.18. The third-order valence-corrected chi connectivity index (χ3v) is 7.29. The second kappa shape index (κ2) is 7.75. The Morgan fingerprint density at radius 2 is 1.94 bits per heavy atom. The maximum atomic E-state index is 14.7. The van der Waals surface area contributed by atoms with Crippen molar-refractivity contribution in [3.63, 3.8) is 0 Å². The number of ether oxygens (including phenoxy) is 1. The molecule has 0 radical (unpaired) electrons. The number of piperazine rings is 1. The quantitative estimate of drug-likeness (QED) is 0.533. The van der Waals surface area contributed by atoms with Crippen LogP contribution in [-0.2, 0) is 4.79 Å². The molecule has 2 atom stereocenters. The highest BCUT2D eigenvalue weighted by molar-refractivity contribution is 7.13. The average Bonchev–Trinajstić information content (AvgIpc) is 3.47. The molecule has 4 saturated heterocycles. The number of fused-ring (bicyclic) bond motifs is 3. The molecule has 6 heterocycles. The molecule has 4 aliphatic rings. The number of carbonyl (C=O) groups is 2. The number of carboxylic acid groups (broad SMARTS) is 1. The maximum Gasteiger partial charge on any atom is 0.482 e. The van der Waals surface area contributed by atoms with Crippen LogP contribution in [0, 0.1) is 0 Å². The normalized spacial score (nSPS) is 22.2. The number of amides is 2. The molecule has 0 saturated carbocycles. The zero-order chi connectivity index (χ0) is 24.5. The number of β-amino-alcohol motifs (C(OH)–C–C–N with tert-alkyl or cyclic N) is 1. The molecule has 2 amide bonds. The van der Waals surface area contributed by atoms with Gasteiger partial charge in [-0.1, -0.05) is 0 Å². The van der Waals surface area contributed by atoms with Crippen molar-refractivity contribution in [1.82, 2.24) is 19.8 Å². The molecule has 2 aromatic heterocycles. The van der Waals surface area contributed by atoms with E-state index < -0.39 is 24.2 Å². The van der Waals surface area contributed by atoms with Crippen molar-refractivity contribution in [3.8, 4) is 16.3 Å². The van der Waals surface area contributed by atoms with E-state index >= 15 is 0 Å². The second-order valence-corrected chi connectivity index (χ2v) is 9.64. The van der Waals surface area contributed by atoms with Crippen molar-refractivity contribution < 1.29 is 37.7 Å². The number of thiazole rings is 1. The number of piperidine rings is 1. The molecule has 4 fully saturated rings. The molecule has 14 heteroatoms. The third-order valence-electron chi connectivity index (χ3n) is 6.48. The number of rotatable bonds is 5. The Bertz CT molecular complexity index is 1300. The highest BCUT2D eigenvalue weighted by atomic mass is 32.1. The fraction of sp³-hybridized carbons (Fsp3) is 0.429. The van der Waals surface area contributed by atoms with Crippen molar-refractivity contribution in [2.75, 3.05) is 31.1 Å². The van der Waals surface area contributed by atoms with Gasteiger partial charge in [0.1, 0.15) is 5.01 Å². The minimum Gasteiger partial charge on any atom is -0.465 e. The zero-order valence-electron chi connectivity index (χ0n) is 18.0. The first-order chi connectivity index (χ1) is 16.7. The van der Waals surface area contributed by atoms with Gasteiger partial charge in [0.2, 0.25) is 0 Å². The molecule has 11 nitrogen and oxygen atoms in total. The smallest absolute Gasteiger partial charge is 0.465 e. The summed E-state index contributed by atoms with van der Waals surface area (Å²) >= 11 is 1.33. The van der Waals surface area contributed by atoms with Gasteiger partial charge in [-0.15, -0.1) is 11.3 Å². The molecule has 1 aromatic carbocycles. The molecule has 7 rings (SSSR count). The highest BCUT2D eigenvalue weighted by Crippen LogP contribution is 2.41. The van der Waals surface area contributed by atoms with Gasteiger partial charge in [0, 0.05) is 37.8 Å². The SMILES string of the molecule is O=C(O)N1C2CC1CN(c1nc3c(OC(F)(F)C(=O)N4CC(O)C4)ccc(-c4nccs4)c3o1)C2. The van der Waals surface area contributed by atoms with Gasteiger partial charge in [-0.2, -0.15) is 13.8 Å². The van der Waals surface area contributed by atoms with E-state index in [4.69, 9.17) is 9.15 Å². The number of hydrogen-bond acceptors (Lipinski definition) is 9. The van der Waals surface area contributed by atoms with E-state index in [2.05, 4.69) is 9.97 Å². The van der Waals surface area contributed by atoms with Crippen LogP contribution in [0.3, 0.4) is 0 Å². The maximum absolute atomic E-state index is 14.7. The number of nitrogens with zero attached hydrogens (tertiary/aromatic N) is 5. The summed E-state index contributed by atoms with van der Waals surface area (Å²) in [6.07, 6.45) is -3.65. The summed E-state index contributed by atoms with van der Waals surface area (Å²) in [7, 11) is 0. The standard InChI is InChI=1S/C21H19F2N5O6S/c22-21(23,18(30)26-8-12(29)9-26)34-14-2-1-13(17-24-3-4-35-17)16-15(14)25-19(33-16)27-6-10-5-11(7-27)28(10)20(31)32/h1-4,10-12,29H,5-9H2,(H,31,32). The van der Waals surface area contributed by atoms with Crippen LogP contribution in [0.1, 0.15) is 6.42 Å². The third kappa shape index (κ3) is 3.55. The number of likely N-dealkylation sites (tertiary alicyclic amines) is 1. The lowest BCUT2D eigenvalue weighted by molar-refractivity contribution is -0.210. The van der Waals surface area contributed by atoms with Crippen molar-refractivity contribution in [1.29, 1.82) is 0 Å². The summed E-state index contributed by atoms with van der Waals surface area (Å²) in [4.78, 5) is 36.3. The molecule has 2 N–H and O–H groups in total. The van der Waals surface area contributed by atoms with E-state index in [-0.39, 0.29) is 48.0 Å². The predicted octanol–water partition coefficient (Wildman–Crippen LogP) is 2.07. The lowest BCUT2D eigenvalue weighted by atomic mass is 9.88. The van der Waals surface area contributed by atoms with Gasteiger partial charge in [-0.3, -0.25) is 9.69 Å². The molecule has 2 bridgehead atoms. The van der Waals surface area contributed by atoms with Crippen molar-refractivity contribution in [2.24, 2.45) is 0 Å². The molecular weight excluding hydrogens is 488 g/mol. The Kier molecular flexibility index (Phi) is 4.86. The molecule has 184 valence electrons. The Balaban J connectivity index is 1.34. The molecule has 4 aliphatic heterocycles. The Labute approximate surface area is 200 Å². The Morgan fingerprint density at radius 3 is 2.57 bits per heavy atom. The molecule has 3 aromatic rings.